The van der Waals surface area contributed by atoms with E-state index in [9.17, 15) is 14.3 Å². The number of phosphoric ester groups is 1. The monoisotopic (exact) mass is 356 g/mol. The lowest BCUT2D eigenvalue weighted by Gasteiger charge is -2.24. The lowest BCUT2D eigenvalue weighted by atomic mass is 10.2. The highest BCUT2D eigenvalue weighted by atomic mass is 31.2. The minimum atomic E-state index is -4.07. The molecule has 9 heteroatoms. The van der Waals surface area contributed by atoms with Crippen LogP contribution in [0.4, 0.5) is 0 Å². The molecule has 0 heterocycles. The molecule has 138 valence electrons. The maximum atomic E-state index is 11.8. The van der Waals surface area contributed by atoms with Crippen molar-refractivity contribution in [2.75, 3.05) is 47.5 Å². The number of rotatable bonds is 14. The Morgan fingerprint density at radius 2 is 1.83 bits per heavy atom. The van der Waals surface area contributed by atoms with Gasteiger partial charge in [0.2, 0.25) is 0 Å². The van der Waals surface area contributed by atoms with Crippen LogP contribution in [0.5, 0.6) is 0 Å². The van der Waals surface area contributed by atoms with Gasteiger partial charge in [0.1, 0.15) is 13.2 Å². The molecule has 0 aliphatic rings. The molecule has 0 spiro atoms. The van der Waals surface area contributed by atoms with Gasteiger partial charge in [0, 0.05) is 13.0 Å². The fourth-order valence-corrected chi connectivity index (χ4v) is 2.30. The number of aliphatic carboxylic acids is 1. The van der Waals surface area contributed by atoms with E-state index in [1.54, 1.807) is 0 Å². The number of carboxylic acids is 1. The van der Waals surface area contributed by atoms with Crippen molar-refractivity contribution in [3.8, 4) is 0 Å². The number of carboxylic acid groups (broad SMARTS) is 1. The van der Waals surface area contributed by atoms with E-state index in [1.165, 1.54) is 0 Å². The maximum absolute atomic E-state index is 11.8. The smallest absolute Gasteiger partial charge is 0.472 e. The van der Waals surface area contributed by atoms with E-state index >= 15 is 0 Å². The summed E-state index contributed by atoms with van der Waals surface area (Å²) in [6.07, 6.45) is 1.58. The predicted octanol–water partition coefficient (Wildman–Crippen LogP) is 1.88. The zero-order chi connectivity index (χ0) is 17.9. The number of ether oxygens (including phenoxy) is 1. The molecular formula is C14H31NO7P+. The maximum Gasteiger partial charge on any atom is 0.472 e. The summed E-state index contributed by atoms with van der Waals surface area (Å²) in [7, 11) is 1.80. The van der Waals surface area contributed by atoms with Gasteiger partial charge in [-0.1, -0.05) is 6.92 Å². The molecule has 0 saturated heterocycles. The predicted molar refractivity (Wildman–Crippen MR) is 86.1 cm³/mol. The standard InChI is InChI=1S/C14H30NO7P/c1-5-13(20-10-7-6-8-14(16)17)12-22-23(18,19)21-11-9-15(2,3)4/h13H,5-12H2,1-4H3,(H-,16,17,18,19)/p+1/t13-/m1/s1. The third kappa shape index (κ3) is 14.8. The van der Waals surface area contributed by atoms with E-state index in [2.05, 4.69) is 0 Å². The lowest BCUT2D eigenvalue weighted by molar-refractivity contribution is -0.870. The SMILES string of the molecule is CC[C@H](COP(=O)(O)OCC[N+](C)(C)C)OCCCCC(=O)O. The Kier molecular flexibility index (Phi) is 10.9. The zero-order valence-corrected chi connectivity index (χ0v) is 15.5. The Morgan fingerprint density at radius 1 is 1.17 bits per heavy atom. The Labute approximate surface area is 138 Å². The van der Waals surface area contributed by atoms with E-state index in [4.69, 9.17) is 18.9 Å². The van der Waals surface area contributed by atoms with Crippen LogP contribution >= 0.6 is 7.82 Å². The molecule has 2 atom stereocenters. The van der Waals surface area contributed by atoms with Crippen molar-refractivity contribution < 1.29 is 37.6 Å². The van der Waals surface area contributed by atoms with Crippen LogP contribution in [-0.4, -0.2) is 74.1 Å². The van der Waals surface area contributed by atoms with Gasteiger partial charge in [-0.2, -0.15) is 0 Å². The third-order valence-corrected chi connectivity index (χ3v) is 4.02. The molecule has 1 unspecified atom stereocenters. The number of likely N-dealkylation sites (N-methyl/N-ethyl adjacent to an activating group) is 1. The molecule has 0 aromatic rings. The van der Waals surface area contributed by atoms with Crippen molar-refractivity contribution in [2.45, 2.75) is 38.7 Å². The minimum absolute atomic E-state index is 0.0341. The fraction of sp³-hybridized carbons (Fsp3) is 0.929. The van der Waals surface area contributed by atoms with Gasteiger partial charge in [0.05, 0.1) is 33.9 Å². The molecule has 0 fully saturated rings. The summed E-state index contributed by atoms with van der Waals surface area (Å²) in [5.74, 6) is -0.826. The number of nitrogens with zero attached hydrogens (tertiary/aromatic N) is 1. The van der Waals surface area contributed by atoms with Gasteiger partial charge in [-0.25, -0.2) is 4.57 Å². The van der Waals surface area contributed by atoms with Crippen LogP contribution in [0.3, 0.4) is 0 Å². The van der Waals surface area contributed by atoms with Gasteiger partial charge in [0.15, 0.2) is 0 Å². The molecule has 0 radical (unpaired) electrons. The topological polar surface area (TPSA) is 102 Å². The van der Waals surface area contributed by atoms with Crippen LogP contribution in [0.25, 0.3) is 0 Å². The molecule has 23 heavy (non-hydrogen) atoms. The van der Waals surface area contributed by atoms with Crippen molar-refractivity contribution in [2.24, 2.45) is 0 Å². The second kappa shape index (κ2) is 11.1. The third-order valence-electron chi connectivity index (χ3n) is 3.03. The summed E-state index contributed by atoms with van der Waals surface area (Å²) in [6.45, 7) is 2.96. The summed E-state index contributed by atoms with van der Waals surface area (Å²) >= 11 is 0. The second-order valence-corrected chi connectivity index (χ2v) is 7.82. The highest BCUT2D eigenvalue weighted by Crippen LogP contribution is 2.43. The first-order chi connectivity index (χ1) is 10.6. The number of carbonyl (C=O) groups is 1. The summed E-state index contributed by atoms with van der Waals surface area (Å²) < 4.78 is 27.8. The van der Waals surface area contributed by atoms with Crippen molar-refractivity contribution in [3.63, 3.8) is 0 Å². The Bertz CT molecular complexity index is 384. The van der Waals surface area contributed by atoms with E-state index in [0.29, 0.717) is 36.9 Å². The first-order valence-electron chi connectivity index (χ1n) is 7.81. The van der Waals surface area contributed by atoms with Gasteiger partial charge in [-0.3, -0.25) is 13.8 Å². The Balaban J connectivity index is 3.94. The normalized spacial score (nSPS) is 16.0. The van der Waals surface area contributed by atoms with Crippen molar-refractivity contribution >= 4 is 13.8 Å². The van der Waals surface area contributed by atoms with Gasteiger partial charge >= 0.3 is 13.8 Å². The first kappa shape index (κ1) is 22.5. The number of quaternary nitrogens is 1. The average molecular weight is 356 g/mol. The van der Waals surface area contributed by atoms with Crippen LogP contribution in [0.1, 0.15) is 32.6 Å². The molecule has 0 saturated carbocycles. The number of phosphoric acid groups is 1. The zero-order valence-electron chi connectivity index (χ0n) is 14.6. The number of unbranched alkanes of at least 4 members (excludes halogenated alkanes) is 1. The minimum Gasteiger partial charge on any atom is -0.481 e. The Hall–Kier alpha value is -0.500. The van der Waals surface area contributed by atoms with Gasteiger partial charge in [0.25, 0.3) is 0 Å². The highest BCUT2D eigenvalue weighted by Gasteiger charge is 2.24. The molecule has 0 bridgehead atoms. The number of hydrogen-bond acceptors (Lipinski definition) is 5. The molecule has 2 N–H and O–H groups in total. The van der Waals surface area contributed by atoms with Crippen LogP contribution in [-0.2, 0) is 23.1 Å². The number of hydrogen-bond donors (Lipinski definition) is 2. The van der Waals surface area contributed by atoms with Crippen LogP contribution in [0.2, 0.25) is 0 Å². The highest BCUT2D eigenvalue weighted by molar-refractivity contribution is 7.47. The van der Waals surface area contributed by atoms with Gasteiger partial charge in [-0.15, -0.1) is 0 Å². The molecule has 0 aromatic carbocycles. The lowest BCUT2D eigenvalue weighted by Crippen LogP contribution is -2.37. The van der Waals surface area contributed by atoms with E-state index < -0.39 is 13.8 Å². The van der Waals surface area contributed by atoms with Crippen LogP contribution in [0, 0.1) is 0 Å². The van der Waals surface area contributed by atoms with Gasteiger partial charge in [-0.05, 0) is 19.3 Å². The van der Waals surface area contributed by atoms with Crippen LogP contribution < -0.4 is 0 Å². The van der Waals surface area contributed by atoms with Crippen molar-refractivity contribution in [1.29, 1.82) is 0 Å². The van der Waals surface area contributed by atoms with Crippen molar-refractivity contribution in [3.05, 3.63) is 0 Å². The largest absolute Gasteiger partial charge is 0.481 e. The molecular weight excluding hydrogens is 325 g/mol. The quantitative estimate of drug-likeness (QED) is 0.278. The molecule has 0 aliphatic heterocycles. The van der Waals surface area contributed by atoms with E-state index in [0.717, 1.165) is 0 Å². The summed E-state index contributed by atoms with van der Waals surface area (Å²) in [6, 6.07) is 0. The summed E-state index contributed by atoms with van der Waals surface area (Å²) in [5.41, 5.74) is 0. The molecule has 0 rings (SSSR count). The average Bonchev–Trinajstić information content (AvgIpc) is 2.39. The van der Waals surface area contributed by atoms with Crippen LogP contribution in [0.15, 0.2) is 0 Å². The molecule has 0 aromatic heterocycles. The second-order valence-electron chi connectivity index (χ2n) is 6.36. The van der Waals surface area contributed by atoms with Gasteiger partial charge < -0.3 is 19.2 Å². The van der Waals surface area contributed by atoms with E-state index in [1.807, 2.05) is 28.1 Å². The molecule has 8 nitrogen and oxygen atoms in total. The molecule has 0 aliphatic carbocycles. The van der Waals surface area contributed by atoms with Crippen molar-refractivity contribution in [1.82, 2.24) is 0 Å². The summed E-state index contributed by atoms with van der Waals surface area (Å²) in [4.78, 5) is 20.0. The summed E-state index contributed by atoms with van der Waals surface area (Å²) in [5, 5.41) is 8.53. The van der Waals surface area contributed by atoms with E-state index in [-0.39, 0.29) is 25.7 Å². The fourth-order valence-electron chi connectivity index (χ4n) is 1.56. The first-order valence-corrected chi connectivity index (χ1v) is 9.31. The molecule has 0 amide bonds. The Morgan fingerprint density at radius 3 is 2.35 bits per heavy atom.